The zero-order valence-corrected chi connectivity index (χ0v) is 15.0. The maximum absolute atomic E-state index is 12.2. The number of allylic oxidation sites excluding steroid dienone is 2. The number of anilines is 1. The normalized spacial score (nSPS) is 25.7. The first-order chi connectivity index (χ1) is 11.5. The third-order valence-corrected chi connectivity index (χ3v) is 7.47. The number of aromatic amines is 1. The van der Waals surface area contributed by atoms with Gasteiger partial charge in [0.2, 0.25) is 0 Å². The van der Waals surface area contributed by atoms with Crippen LogP contribution < -0.4 is 5.32 Å². The summed E-state index contributed by atoms with van der Waals surface area (Å²) in [5.74, 6) is 2.74. The van der Waals surface area contributed by atoms with Crippen LogP contribution in [0.1, 0.15) is 19.8 Å². The Morgan fingerprint density at radius 3 is 2.83 bits per heavy atom. The summed E-state index contributed by atoms with van der Waals surface area (Å²) in [4.78, 5) is 0.173. The van der Waals surface area contributed by atoms with Crippen LogP contribution in [0.15, 0.2) is 29.2 Å². The van der Waals surface area contributed by atoms with Gasteiger partial charge in [-0.15, -0.1) is 0 Å². The molecule has 1 aromatic carbocycles. The van der Waals surface area contributed by atoms with Crippen molar-refractivity contribution >= 4 is 38.2 Å². The van der Waals surface area contributed by atoms with Crippen LogP contribution in [0, 0.1) is 17.8 Å². The van der Waals surface area contributed by atoms with E-state index in [0.29, 0.717) is 17.7 Å². The molecule has 5 nitrogen and oxygen atoms in total. The lowest BCUT2D eigenvalue weighted by molar-refractivity contribution is 0.471. The molecule has 2 bridgehead atoms. The van der Waals surface area contributed by atoms with Crippen molar-refractivity contribution < 1.29 is 8.42 Å². The summed E-state index contributed by atoms with van der Waals surface area (Å²) in [5.41, 5.74) is 0.741. The number of hydrogen-bond donors (Lipinski definition) is 2. The van der Waals surface area contributed by atoms with Gasteiger partial charge in [0.1, 0.15) is 0 Å². The molecule has 0 aliphatic heterocycles. The fourth-order valence-electron chi connectivity index (χ4n) is 3.90. The molecule has 0 radical (unpaired) electrons. The molecule has 1 saturated carbocycles. The Hall–Kier alpha value is -1.53. The third kappa shape index (κ3) is 2.62. The monoisotopic (exact) mass is 365 g/mol. The highest BCUT2D eigenvalue weighted by atomic mass is 35.5. The summed E-state index contributed by atoms with van der Waals surface area (Å²) in [7, 11) is -3.36. The van der Waals surface area contributed by atoms with Gasteiger partial charge in [-0.25, -0.2) is 8.42 Å². The molecule has 2 N–H and O–H groups in total. The van der Waals surface area contributed by atoms with Crippen molar-refractivity contribution in [3.63, 3.8) is 0 Å². The van der Waals surface area contributed by atoms with E-state index >= 15 is 0 Å². The highest BCUT2D eigenvalue weighted by Crippen LogP contribution is 2.43. The summed E-state index contributed by atoms with van der Waals surface area (Å²) in [6.45, 7) is 2.47. The van der Waals surface area contributed by atoms with Gasteiger partial charge in [-0.3, -0.25) is 5.10 Å². The van der Waals surface area contributed by atoms with E-state index in [4.69, 9.17) is 11.6 Å². The summed E-state index contributed by atoms with van der Waals surface area (Å²) in [6.07, 6.45) is 7.14. The minimum atomic E-state index is -3.36. The quantitative estimate of drug-likeness (QED) is 0.793. The Morgan fingerprint density at radius 1 is 1.33 bits per heavy atom. The fourth-order valence-corrected chi connectivity index (χ4v) is 5.38. The number of nitrogens with one attached hydrogen (secondary N) is 2. The molecule has 4 rings (SSSR count). The Bertz CT molecular complexity index is 919. The molecule has 2 aliphatic rings. The summed E-state index contributed by atoms with van der Waals surface area (Å²) < 4.78 is 24.4. The first-order valence-electron chi connectivity index (χ1n) is 8.30. The molecule has 2 aliphatic carbocycles. The van der Waals surface area contributed by atoms with Crippen molar-refractivity contribution in [2.75, 3.05) is 17.6 Å². The molecule has 3 unspecified atom stereocenters. The smallest absolute Gasteiger partial charge is 0.179 e. The Kier molecular flexibility index (Phi) is 3.84. The molecule has 0 amide bonds. The molecule has 128 valence electrons. The van der Waals surface area contributed by atoms with E-state index < -0.39 is 9.84 Å². The number of H-pyrrole nitrogens is 1. The molecular formula is C17H20ClN3O2S. The van der Waals surface area contributed by atoms with E-state index in [0.717, 1.165) is 23.4 Å². The zero-order chi connectivity index (χ0) is 16.9. The lowest BCUT2D eigenvalue weighted by Gasteiger charge is -2.18. The SMILES string of the molecule is CCS(=O)(=O)c1cc2c(NCC3CC4C=CC3C4)n[nH]c2cc1Cl. The van der Waals surface area contributed by atoms with Crippen LogP contribution >= 0.6 is 11.6 Å². The first-order valence-corrected chi connectivity index (χ1v) is 10.3. The van der Waals surface area contributed by atoms with E-state index in [-0.39, 0.29) is 15.7 Å². The van der Waals surface area contributed by atoms with Gasteiger partial charge in [0.25, 0.3) is 0 Å². The number of hydrogen-bond acceptors (Lipinski definition) is 4. The van der Waals surface area contributed by atoms with Crippen molar-refractivity contribution in [2.45, 2.75) is 24.7 Å². The Balaban J connectivity index is 1.62. The van der Waals surface area contributed by atoms with Crippen LogP contribution in [0.3, 0.4) is 0 Å². The average Bonchev–Trinajstić information content (AvgIpc) is 3.27. The Morgan fingerprint density at radius 2 is 2.17 bits per heavy atom. The summed E-state index contributed by atoms with van der Waals surface area (Å²) in [5, 5.41) is 11.6. The minimum absolute atomic E-state index is 0.0241. The van der Waals surface area contributed by atoms with Crippen LogP contribution in [0.25, 0.3) is 10.9 Å². The molecular weight excluding hydrogens is 346 g/mol. The van der Waals surface area contributed by atoms with Crippen molar-refractivity contribution in [2.24, 2.45) is 17.8 Å². The van der Waals surface area contributed by atoms with Crippen LogP contribution in [0.2, 0.25) is 5.02 Å². The summed E-state index contributed by atoms with van der Waals surface area (Å²) >= 11 is 6.14. The molecule has 0 saturated heterocycles. The van der Waals surface area contributed by atoms with Crippen molar-refractivity contribution in [3.8, 4) is 0 Å². The topological polar surface area (TPSA) is 74.8 Å². The van der Waals surface area contributed by atoms with Gasteiger partial charge in [-0.2, -0.15) is 5.10 Å². The number of fused-ring (bicyclic) bond motifs is 3. The van der Waals surface area contributed by atoms with Gasteiger partial charge >= 0.3 is 0 Å². The molecule has 1 fully saturated rings. The number of nitrogens with zero attached hydrogens (tertiary/aromatic N) is 1. The molecule has 1 aromatic heterocycles. The lowest BCUT2D eigenvalue weighted by Crippen LogP contribution is -2.18. The third-order valence-electron chi connectivity index (χ3n) is 5.28. The van der Waals surface area contributed by atoms with E-state index in [1.165, 1.54) is 12.8 Å². The second-order valence-corrected chi connectivity index (χ2v) is 9.38. The van der Waals surface area contributed by atoms with Crippen molar-refractivity contribution in [1.82, 2.24) is 10.2 Å². The molecule has 0 spiro atoms. The number of halogens is 1. The molecule has 3 atom stereocenters. The summed E-state index contributed by atoms with van der Waals surface area (Å²) in [6, 6.07) is 3.26. The minimum Gasteiger partial charge on any atom is -0.368 e. The second kappa shape index (κ2) is 5.77. The maximum atomic E-state index is 12.2. The molecule has 24 heavy (non-hydrogen) atoms. The zero-order valence-electron chi connectivity index (χ0n) is 13.4. The van der Waals surface area contributed by atoms with Crippen molar-refractivity contribution in [1.29, 1.82) is 0 Å². The maximum Gasteiger partial charge on any atom is 0.179 e. The van der Waals surface area contributed by atoms with Gasteiger partial charge < -0.3 is 5.32 Å². The average molecular weight is 366 g/mol. The van der Waals surface area contributed by atoms with Gasteiger partial charge in [-0.05, 0) is 42.7 Å². The number of sulfone groups is 1. The first kappa shape index (κ1) is 16.0. The van der Waals surface area contributed by atoms with Crippen LogP contribution in [0.4, 0.5) is 5.82 Å². The highest BCUT2D eigenvalue weighted by molar-refractivity contribution is 7.91. The van der Waals surface area contributed by atoms with Crippen LogP contribution in [-0.4, -0.2) is 30.9 Å². The lowest BCUT2D eigenvalue weighted by atomic mass is 9.93. The predicted molar refractivity (Wildman–Crippen MR) is 96.2 cm³/mol. The predicted octanol–water partition coefficient (Wildman–Crippen LogP) is 3.63. The van der Waals surface area contributed by atoms with Gasteiger partial charge in [-0.1, -0.05) is 30.7 Å². The molecule has 2 aromatic rings. The number of rotatable bonds is 5. The van der Waals surface area contributed by atoms with Gasteiger partial charge in [0, 0.05) is 11.9 Å². The number of benzene rings is 1. The highest BCUT2D eigenvalue weighted by Gasteiger charge is 2.35. The van der Waals surface area contributed by atoms with Crippen LogP contribution in [-0.2, 0) is 9.84 Å². The molecule has 1 heterocycles. The molecule has 7 heteroatoms. The number of aromatic nitrogens is 2. The standard InChI is InChI=1S/C17H20ClN3O2S/c1-2-24(22,23)16-7-13-15(8-14(16)18)20-21-17(13)19-9-12-6-10-3-4-11(12)5-10/h3-4,7-8,10-12H,2,5-6,9H2,1H3,(H2,19,20,21). The largest absolute Gasteiger partial charge is 0.368 e. The van der Waals surface area contributed by atoms with E-state index in [2.05, 4.69) is 27.7 Å². The van der Waals surface area contributed by atoms with Gasteiger partial charge in [0.15, 0.2) is 15.7 Å². The van der Waals surface area contributed by atoms with Gasteiger partial charge in [0.05, 0.1) is 21.2 Å². The van der Waals surface area contributed by atoms with E-state index in [1.54, 1.807) is 19.1 Å². The van der Waals surface area contributed by atoms with E-state index in [1.807, 2.05) is 0 Å². The second-order valence-electron chi connectivity index (χ2n) is 6.73. The van der Waals surface area contributed by atoms with Crippen LogP contribution in [0.5, 0.6) is 0 Å². The van der Waals surface area contributed by atoms with Crippen molar-refractivity contribution in [3.05, 3.63) is 29.3 Å². The Labute approximate surface area is 146 Å². The fraction of sp³-hybridized carbons (Fsp3) is 0.471. The van der Waals surface area contributed by atoms with E-state index in [9.17, 15) is 8.42 Å².